The Bertz CT molecular complexity index is 929. The average molecular weight is 375 g/mol. The van der Waals surface area contributed by atoms with E-state index in [4.69, 9.17) is 4.74 Å². The third-order valence-electron chi connectivity index (χ3n) is 4.72. The van der Waals surface area contributed by atoms with Crippen LogP contribution < -0.4 is 10.9 Å². The van der Waals surface area contributed by atoms with Crippen LogP contribution in [0, 0.1) is 6.92 Å². The normalized spacial score (nSPS) is 18.7. The van der Waals surface area contributed by atoms with Gasteiger partial charge in [0, 0.05) is 37.5 Å². The van der Waals surface area contributed by atoms with Gasteiger partial charge < -0.3 is 19.9 Å². The molecule has 1 spiro atoms. The summed E-state index contributed by atoms with van der Waals surface area (Å²) in [5.74, 6) is -0.0238. The van der Waals surface area contributed by atoms with Gasteiger partial charge in [0.2, 0.25) is 0 Å². The van der Waals surface area contributed by atoms with Crippen LogP contribution in [-0.2, 0) is 4.74 Å². The molecule has 0 atom stereocenters. The summed E-state index contributed by atoms with van der Waals surface area (Å²) in [5, 5.41) is 5.32. The van der Waals surface area contributed by atoms with E-state index in [1.807, 2.05) is 6.92 Å². The van der Waals surface area contributed by atoms with Gasteiger partial charge in [-0.3, -0.25) is 9.59 Å². The number of carbonyl (C=O) groups is 2. The Morgan fingerprint density at radius 1 is 1.35 bits per heavy atom. The van der Waals surface area contributed by atoms with Crippen molar-refractivity contribution in [3.05, 3.63) is 32.5 Å². The van der Waals surface area contributed by atoms with Gasteiger partial charge in [-0.05, 0) is 6.92 Å². The van der Waals surface area contributed by atoms with Crippen LogP contribution in [0.3, 0.4) is 0 Å². The highest BCUT2D eigenvalue weighted by Crippen LogP contribution is 2.29. The van der Waals surface area contributed by atoms with E-state index >= 15 is 0 Å². The fourth-order valence-electron chi connectivity index (χ4n) is 3.22. The molecule has 10 heteroatoms. The molecule has 0 radical (unpaired) electrons. The highest BCUT2D eigenvalue weighted by atomic mass is 32.1. The van der Waals surface area contributed by atoms with E-state index in [2.05, 4.69) is 20.3 Å². The van der Waals surface area contributed by atoms with Crippen molar-refractivity contribution in [2.75, 3.05) is 19.6 Å². The number of rotatable bonds is 2. The van der Waals surface area contributed by atoms with E-state index in [0.717, 1.165) is 5.01 Å². The first-order valence-corrected chi connectivity index (χ1v) is 9.12. The number of amides is 2. The predicted octanol–water partition coefficient (Wildman–Crippen LogP) is 0.916. The zero-order valence-corrected chi connectivity index (χ0v) is 14.9. The maximum Gasteiger partial charge on any atom is 0.407 e. The van der Waals surface area contributed by atoms with E-state index in [1.54, 1.807) is 10.3 Å². The summed E-state index contributed by atoms with van der Waals surface area (Å²) in [6.45, 7) is 3.16. The van der Waals surface area contributed by atoms with Crippen LogP contribution in [-0.4, -0.2) is 57.1 Å². The molecule has 4 heterocycles. The standard InChI is InChI=1S/C16H17N5O4S/c1-9-19-11(7-26-9)12-17-6-10(13(22)20-12)14(23)21-4-2-16(3-5-21)8-18-15(24)25-16/h6-7H,2-5,8H2,1H3,(H,18,24)(H,17,20,22). The molecule has 2 amide bonds. The Morgan fingerprint density at radius 2 is 2.12 bits per heavy atom. The summed E-state index contributed by atoms with van der Waals surface area (Å²) in [4.78, 5) is 49.0. The number of aromatic amines is 1. The zero-order valence-electron chi connectivity index (χ0n) is 14.1. The number of thiazole rings is 1. The van der Waals surface area contributed by atoms with Gasteiger partial charge in [-0.25, -0.2) is 14.8 Å². The highest BCUT2D eigenvalue weighted by Gasteiger charge is 2.43. The molecule has 0 bridgehead atoms. The fourth-order valence-corrected chi connectivity index (χ4v) is 3.82. The number of carbonyl (C=O) groups excluding carboxylic acids is 2. The maximum absolute atomic E-state index is 12.7. The summed E-state index contributed by atoms with van der Waals surface area (Å²) >= 11 is 1.46. The second-order valence-corrected chi connectivity index (χ2v) is 7.51. The Kier molecular flexibility index (Phi) is 3.98. The molecule has 0 aliphatic carbocycles. The number of nitrogens with one attached hydrogen (secondary N) is 2. The summed E-state index contributed by atoms with van der Waals surface area (Å²) in [5.41, 5.74) is -0.442. The Balaban J connectivity index is 1.49. The molecule has 0 saturated carbocycles. The number of nitrogens with zero attached hydrogens (tertiary/aromatic N) is 3. The predicted molar refractivity (Wildman–Crippen MR) is 93.1 cm³/mol. The third-order valence-corrected chi connectivity index (χ3v) is 5.49. The number of ether oxygens (including phenoxy) is 1. The van der Waals surface area contributed by atoms with Gasteiger partial charge in [-0.15, -0.1) is 11.3 Å². The molecule has 2 aliphatic heterocycles. The fraction of sp³-hybridized carbons (Fsp3) is 0.438. The average Bonchev–Trinajstić information content (AvgIpc) is 3.21. The summed E-state index contributed by atoms with van der Waals surface area (Å²) in [7, 11) is 0. The molecule has 0 aromatic carbocycles. The van der Waals surface area contributed by atoms with Crippen LogP contribution >= 0.6 is 11.3 Å². The quantitative estimate of drug-likeness (QED) is 0.806. The molecule has 26 heavy (non-hydrogen) atoms. The second kappa shape index (κ2) is 6.20. The van der Waals surface area contributed by atoms with Crippen LogP contribution in [0.15, 0.2) is 16.4 Å². The lowest BCUT2D eigenvalue weighted by Gasteiger charge is -2.36. The van der Waals surface area contributed by atoms with Crippen LogP contribution in [0.5, 0.6) is 0 Å². The van der Waals surface area contributed by atoms with E-state index < -0.39 is 17.3 Å². The van der Waals surface area contributed by atoms with Crippen molar-refractivity contribution in [2.24, 2.45) is 0 Å². The van der Waals surface area contributed by atoms with Crippen molar-refractivity contribution in [1.29, 1.82) is 0 Å². The number of hydrogen-bond acceptors (Lipinski definition) is 7. The third kappa shape index (κ3) is 2.96. The van der Waals surface area contributed by atoms with Crippen molar-refractivity contribution in [3.8, 4) is 11.5 Å². The lowest BCUT2D eigenvalue weighted by molar-refractivity contribution is 0.00325. The number of likely N-dealkylation sites (tertiary alicyclic amines) is 1. The number of hydrogen-bond donors (Lipinski definition) is 2. The number of piperidine rings is 1. The summed E-state index contributed by atoms with van der Waals surface area (Å²) in [6, 6.07) is 0. The maximum atomic E-state index is 12.7. The van der Waals surface area contributed by atoms with Gasteiger partial charge in [0.15, 0.2) is 5.82 Å². The Hall–Kier alpha value is -2.75. The van der Waals surface area contributed by atoms with Gasteiger partial charge in [-0.1, -0.05) is 0 Å². The smallest absolute Gasteiger partial charge is 0.407 e. The molecule has 2 N–H and O–H groups in total. The van der Waals surface area contributed by atoms with Crippen molar-refractivity contribution in [3.63, 3.8) is 0 Å². The van der Waals surface area contributed by atoms with Gasteiger partial charge >= 0.3 is 6.09 Å². The largest absolute Gasteiger partial charge is 0.441 e. The minimum atomic E-state index is -0.537. The second-order valence-electron chi connectivity index (χ2n) is 6.44. The van der Waals surface area contributed by atoms with Gasteiger partial charge in [0.25, 0.3) is 11.5 Å². The first-order chi connectivity index (χ1) is 12.5. The van der Waals surface area contributed by atoms with Crippen LogP contribution in [0.25, 0.3) is 11.5 Å². The summed E-state index contributed by atoms with van der Waals surface area (Å²) < 4.78 is 5.34. The highest BCUT2D eigenvalue weighted by molar-refractivity contribution is 7.09. The van der Waals surface area contributed by atoms with Crippen molar-refractivity contribution in [2.45, 2.75) is 25.4 Å². The van der Waals surface area contributed by atoms with E-state index in [1.165, 1.54) is 17.5 Å². The monoisotopic (exact) mass is 375 g/mol. The minimum Gasteiger partial charge on any atom is -0.441 e. The number of alkyl carbamates (subject to hydrolysis) is 1. The molecule has 4 rings (SSSR count). The van der Waals surface area contributed by atoms with Crippen LogP contribution in [0.2, 0.25) is 0 Å². The Morgan fingerprint density at radius 3 is 2.69 bits per heavy atom. The number of aromatic nitrogens is 3. The number of aryl methyl sites for hydroxylation is 1. The minimum absolute atomic E-state index is 0.00167. The van der Waals surface area contributed by atoms with Crippen molar-refractivity contribution < 1.29 is 14.3 Å². The molecular formula is C16H17N5O4S. The number of H-pyrrole nitrogens is 1. The molecular weight excluding hydrogens is 358 g/mol. The van der Waals surface area contributed by atoms with E-state index in [-0.39, 0.29) is 11.5 Å². The Labute approximate surface area is 152 Å². The van der Waals surface area contributed by atoms with Gasteiger partial charge in [0.05, 0.1) is 11.6 Å². The van der Waals surface area contributed by atoms with Crippen LogP contribution in [0.4, 0.5) is 4.79 Å². The molecule has 136 valence electrons. The first kappa shape index (κ1) is 16.7. The van der Waals surface area contributed by atoms with Crippen molar-refractivity contribution >= 4 is 23.3 Å². The SMILES string of the molecule is Cc1nc(-c2ncc(C(=O)N3CCC4(CC3)CNC(=O)O4)c(=O)[nH]2)cs1. The molecule has 2 saturated heterocycles. The molecule has 9 nitrogen and oxygen atoms in total. The molecule has 0 unspecified atom stereocenters. The lowest BCUT2D eigenvalue weighted by Crippen LogP contribution is -2.49. The lowest BCUT2D eigenvalue weighted by atomic mass is 9.91. The molecule has 2 fully saturated rings. The van der Waals surface area contributed by atoms with Gasteiger partial charge in [-0.2, -0.15) is 0 Å². The molecule has 2 aromatic rings. The van der Waals surface area contributed by atoms with Crippen LogP contribution in [0.1, 0.15) is 28.2 Å². The topological polar surface area (TPSA) is 117 Å². The van der Waals surface area contributed by atoms with Gasteiger partial charge in [0.1, 0.15) is 16.9 Å². The molecule has 2 aliphatic rings. The first-order valence-electron chi connectivity index (χ1n) is 8.24. The van der Waals surface area contributed by atoms with Crippen molar-refractivity contribution in [1.82, 2.24) is 25.2 Å². The van der Waals surface area contributed by atoms with E-state index in [0.29, 0.717) is 44.0 Å². The zero-order chi connectivity index (χ0) is 18.3. The molecule has 2 aromatic heterocycles. The van der Waals surface area contributed by atoms with E-state index in [9.17, 15) is 14.4 Å². The summed E-state index contributed by atoms with van der Waals surface area (Å²) in [6.07, 6.45) is 1.96.